The number of aromatic nitrogens is 1. The molecule has 2 unspecified atom stereocenters. The first kappa shape index (κ1) is 8.70. The van der Waals surface area contributed by atoms with E-state index < -0.39 is 0 Å². The summed E-state index contributed by atoms with van der Waals surface area (Å²) in [5.41, 5.74) is 8.13. The van der Waals surface area contributed by atoms with Crippen molar-refractivity contribution in [2.75, 3.05) is 6.54 Å². The monoisotopic (exact) mass is 176 g/mol. The number of hydrogen-bond donors (Lipinski definition) is 1. The van der Waals surface area contributed by atoms with E-state index in [-0.39, 0.29) is 0 Å². The van der Waals surface area contributed by atoms with Crippen LogP contribution in [0.15, 0.2) is 18.3 Å². The number of nitrogens with two attached hydrogens (primary N) is 1. The van der Waals surface area contributed by atoms with Gasteiger partial charge in [-0.05, 0) is 49.8 Å². The molecule has 1 aromatic heterocycles. The lowest BCUT2D eigenvalue weighted by Crippen LogP contribution is -2.30. The van der Waals surface area contributed by atoms with E-state index >= 15 is 0 Å². The van der Waals surface area contributed by atoms with Gasteiger partial charge < -0.3 is 5.73 Å². The van der Waals surface area contributed by atoms with Crippen molar-refractivity contribution < 1.29 is 0 Å². The van der Waals surface area contributed by atoms with Crippen LogP contribution < -0.4 is 5.73 Å². The molecule has 1 fully saturated rings. The third-order valence-electron chi connectivity index (χ3n) is 3.08. The highest BCUT2D eigenvalue weighted by molar-refractivity contribution is 5.21. The van der Waals surface area contributed by atoms with Gasteiger partial charge in [0.25, 0.3) is 0 Å². The van der Waals surface area contributed by atoms with Crippen molar-refractivity contribution in [1.29, 1.82) is 0 Å². The van der Waals surface area contributed by atoms with Crippen LogP contribution in [0.5, 0.6) is 0 Å². The van der Waals surface area contributed by atoms with Gasteiger partial charge in [-0.25, -0.2) is 0 Å². The maximum Gasteiger partial charge on any atom is 0.0372 e. The fourth-order valence-corrected chi connectivity index (χ4v) is 1.99. The van der Waals surface area contributed by atoms with Crippen molar-refractivity contribution >= 4 is 0 Å². The molecule has 2 nitrogen and oxygen atoms in total. The second-order valence-corrected chi connectivity index (χ2v) is 3.91. The number of rotatable bonds is 2. The highest BCUT2D eigenvalue weighted by Gasteiger charge is 2.30. The van der Waals surface area contributed by atoms with Gasteiger partial charge in [-0.15, -0.1) is 0 Å². The van der Waals surface area contributed by atoms with E-state index in [1.807, 2.05) is 13.1 Å². The average Bonchev–Trinajstić information content (AvgIpc) is 2.08. The zero-order chi connectivity index (χ0) is 9.26. The maximum atomic E-state index is 5.67. The molecule has 0 amide bonds. The lowest BCUT2D eigenvalue weighted by atomic mass is 9.70. The van der Waals surface area contributed by atoms with Gasteiger partial charge >= 0.3 is 0 Å². The number of pyridine rings is 1. The van der Waals surface area contributed by atoms with Crippen LogP contribution in [0.1, 0.15) is 30.0 Å². The summed E-state index contributed by atoms with van der Waals surface area (Å²) in [5, 5.41) is 0. The van der Waals surface area contributed by atoms with Crippen molar-refractivity contribution in [2.24, 2.45) is 11.7 Å². The topological polar surface area (TPSA) is 38.9 Å². The van der Waals surface area contributed by atoms with E-state index in [4.69, 9.17) is 5.73 Å². The molecule has 0 spiro atoms. The van der Waals surface area contributed by atoms with Crippen molar-refractivity contribution in [3.63, 3.8) is 0 Å². The molecule has 13 heavy (non-hydrogen) atoms. The van der Waals surface area contributed by atoms with Gasteiger partial charge in [0.1, 0.15) is 0 Å². The molecular formula is C11H16N2. The highest BCUT2D eigenvalue weighted by Crippen LogP contribution is 2.41. The number of nitrogens with zero attached hydrogens (tertiary/aromatic N) is 1. The van der Waals surface area contributed by atoms with Crippen LogP contribution in [0.3, 0.4) is 0 Å². The summed E-state index contributed by atoms with van der Waals surface area (Å²) >= 11 is 0. The summed E-state index contributed by atoms with van der Waals surface area (Å²) < 4.78 is 0. The Morgan fingerprint density at radius 1 is 1.46 bits per heavy atom. The van der Waals surface area contributed by atoms with Crippen LogP contribution in [-0.2, 0) is 0 Å². The smallest absolute Gasteiger partial charge is 0.0372 e. The van der Waals surface area contributed by atoms with Gasteiger partial charge in [0.2, 0.25) is 0 Å². The molecule has 0 saturated heterocycles. The molecule has 70 valence electrons. The molecule has 0 aliphatic heterocycles. The Bertz CT molecular complexity index is 277. The summed E-state index contributed by atoms with van der Waals surface area (Å²) in [7, 11) is 0. The predicted molar refractivity (Wildman–Crippen MR) is 53.5 cm³/mol. The molecule has 0 aromatic carbocycles. The van der Waals surface area contributed by atoms with Crippen LogP contribution >= 0.6 is 0 Å². The Balaban J connectivity index is 2.12. The third kappa shape index (κ3) is 1.59. The van der Waals surface area contributed by atoms with Gasteiger partial charge in [-0.1, -0.05) is 6.07 Å². The molecule has 1 aliphatic carbocycles. The fourth-order valence-electron chi connectivity index (χ4n) is 1.99. The second kappa shape index (κ2) is 3.46. The molecule has 1 heterocycles. The first-order chi connectivity index (χ1) is 6.31. The normalized spacial score (nSPS) is 26.9. The van der Waals surface area contributed by atoms with E-state index in [9.17, 15) is 0 Å². The predicted octanol–water partition coefficient (Wildman–Crippen LogP) is 1.84. The molecule has 2 rings (SSSR count). The second-order valence-electron chi connectivity index (χ2n) is 3.91. The first-order valence-electron chi connectivity index (χ1n) is 4.94. The number of hydrogen-bond acceptors (Lipinski definition) is 2. The summed E-state index contributed by atoms with van der Waals surface area (Å²) in [6.45, 7) is 2.84. The summed E-state index contributed by atoms with van der Waals surface area (Å²) in [6, 6.07) is 4.27. The summed E-state index contributed by atoms with van der Waals surface area (Å²) in [5.74, 6) is 1.38. The highest BCUT2D eigenvalue weighted by atomic mass is 14.7. The molecular weight excluding hydrogens is 160 g/mol. The van der Waals surface area contributed by atoms with Crippen LogP contribution in [-0.4, -0.2) is 11.5 Å². The van der Waals surface area contributed by atoms with Crippen LogP contribution in [0, 0.1) is 12.8 Å². The van der Waals surface area contributed by atoms with Crippen LogP contribution in [0.25, 0.3) is 0 Å². The van der Waals surface area contributed by atoms with E-state index in [2.05, 4.69) is 17.1 Å². The standard InChI is InChI=1S/C11H16N2/c1-8-2-3-10(7-13-8)11-5-4-9(11)6-12/h2-3,7,9,11H,4-6,12H2,1H3. The summed E-state index contributed by atoms with van der Waals surface area (Å²) in [6.07, 6.45) is 4.57. The van der Waals surface area contributed by atoms with E-state index in [1.54, 1.807) is 0 Å². The lowest BCUT2D eigenvalue weighted by Gasteiger charge is -2.35. The Kier molecular flexibility index (Phi) is 2.32. The minimum absolute atomic E-state index is 0.679. The minimum atomic E-state index is 0.679. The average molecular weight is 176 g/mol. The Morgan fingerprint density at radius 2 is 2.31 bits per heavy atom. The van der Waals surface area contributed by atoms with Gasteiger partial charge in [0.15, 0.2) is 0 Å². The molecule has 2 atom stereocenters. The minimum Gasteiger partial charge on any atom is -0.330 e. The Hall–Kier alpha value is -0.890. The molecule has 2 heteroatoms. The molecule has 0 bridgehead atoms. The Labute approximate surface area is 79.2 Å². The SMILES string of the molecule is Cc1ccc(C2CCC2CN)cn1. The molecule has 1 aliphatic rings. The van der Waals surface area contributed by atoms with Crippen LogP contribution in [0.2, 0.25) is 0 Å². The van der Waals surface area contributed by atoms with Gasteiger partial charge in [0, 0.05) is 11.9 Å². The summed E-state index contributed by atoms with van der Waals surface area (Å²) in [4.78, 5) is 4.31. The van der Waals surface area contributed by atoms with Crippen molar-refractivity contribution in [3.8, 4) is 0 Å². The molecule has 2 N–H and O–H groups in total. The largest absolute Gasteiger partial charge is 0.330 e. The van der Waals surface area contributed by atoms with E-state index in [0.717, 1.165) is 12.2 Å². The van der Waals surface area contributed by atoms with E-state index in [0.29, 0.717) is 11.8 Å². The molecule has 1 saturated carbocycles. The quantitative estimate of drug-likeness (QED) is 0.746. The van der Waals surface area contributed by atoms with Gasteiger partial charge in [0.05, 0.1) is 0 Å². The zero-order valence-corrected chi connectivity index (χ0v) is 8.03. The fraction of sp³-hybridized carbons (Fsp3) is 0.545. The first-order valence-corrected chi connectivity index (χ1v) is 4.94. The van der Waals surface area contributed by atoms with Crippen molar-refractivity contribution in [1.82, 2.24) is 4.98 Å². The lowest BCUT2D eigenvalue weighted by molar-refractivity contribution is 0.263. The van der Waals surface area contributed by atoms with Crippen molar-refractivity contribution in [3.05, 3.63) is 29.6 Å². The third-order valence-corrected chi connectivity index (χ3v) is 3.08. The van der Waals surface area contributed by atoms with Gasteiger partial charge in [-0.2, -0.15) is 0 Å². The maximum absolute atomic E-state index is 5.67. The van der Waals surface area contributed by atoms with Crippen LogP contribution in [0.4, 0.5) is 0 Å². The molecule has 0 radical (unpaired) electrons. The van der Waals surface area contributed by atoms with Gasteiger partial charge in [-0.3, -0.25) is 4.98 Å². The zero-order valence-electron chi connectivity index (χ0n) is 8.03. The number of aryl methyl sites for hydroxylation is 1. The molecule has 1 aromatic rings. The van der Waals surface area contributed by atoms with Crippen molar-refractivity contribution in [2.45, 2.75) is 25.7 Å². The Morgan fingerprint density at radius 3 is 2.77 bits per heavy atom. The van der Waals surface area contributed by atoms with E-state index in [1.165, 1.54) is 18.4 Å².